The molecule has 1 saturated heterocycles. The number of carboxylic acids is 1. The first kappa shape index (κ1) is 12.8. The van der Waals surface area contributed by atoms with Gasteiger partial charge in [-0.3, -0.25) is 0 Å². The average Bonchev–Trinajstić information content (AvgIpc) is 2.91. The number of nitrogens with zero attached hydrogens (tertiary/aromatic N) is 3. The number of carboxylic acid groups (broad SMARTS) is 1. The third-order valence-electron chi connectivity index (χ3n) is 4.28. The van der Waals surface area contributed by atoms with E-state index in [1.807, 2.05) is 36.1 Å². The van der Waals surface area contributed by atoms with Crippen molar-refractivity contribution in [3.63, 3.8) is 0 Å². The number of hydrogen-bond donors (Lipinski definition) is 1. The molecule has 5 heteroatoms. The van der Waals surface area contributed by atoms with Gasteiger partial charge < -0.3 is 10.0 Å². The van der Waals surface area contributed by atoms with Gasteiger partial charge in [-0.15, -0.1) is 5.10 Å². The first-order valence-electron chi connectivity index (χ1n) is 6.90. The molecular formula is C15H17N3O2. The minimum Gasteiger partial charge on any atom is -0.479 e. The maximum atomic E-state index is 11.8. The maximum absolute atomic E-state index is 11.8. The summed E-state index contributed by atoms with van der Waals surface area (Å²) >= 11 is 0. The third kappa shape index (κ3) is 1.73. The number of anilines is 1. The number of aliphatic carboxylic acids is 1. The second-order valence-corrected chi connectivity index (χ2v) is 5.20. The fourth-order valence-corrected chi connectivity index (χ4v) is 3.14. The second kappa shape index (κ2) is 4.74. The van der Waals surface area contributed by atoms with Crippen LogP contribution in [-0.4, -0.2) is 33.4 Å². The molecule has 1 aliphatic rings. The number of carbonyl (C=O) groups is 1. The molecule has 1 unspecified atom stereocenters. The molecule has 2 heterocycles. The minimum atomic E-state index is -0.848. The Bertz CT molecular complexity index is 653. The Kier molecular flexibility index (Phi) is 3.04. The van der Waals surface area contributed by atoms with Crippen LogP contribution in [0.15, 0.2) is 30.5 Å². The van der Waals surface area contributed by atoms with E-state index in [-0.39, 0.29) is 0 Å². The minimum absolute atomic E-state index is 0.563. The van der Waals surface area contributed by atoms with Crippen molar-refractivity contribution in [2.24, 2.45) is 0 Å². The van der Waals surface area contributed by atoms with Crippen molar-refractivity contribution in [3.05, 3.63) is 30.5 Å². The van der Waals surface area contributed by atoms with Crippen molar-refractivity contribution < 1.29 is 9.90 Å². The van der Waals surface area contributed by atoms with Gasteiger partial charge in [0.15, 0.2) is 5.82 Å². The van der Waals surface area contributed by atoms with Crippen LogP contribution >= 0.6 is 0 Å². The molecule has 0 spiro atoms. The highest BCUT2D eigenvalue weighted by Gasteiger charge is 2.47. The van der Waals surface area contributed by atoms with Crippen LogP contribution in [0.4, 0.5) is 5.82 Å². The number of benzene rings is 1. The number of rotatable bonds is 3. The van der Waals surface area contributed by atoms with Crippen molar-refractivity contribution in [1.29, 1.82) is 0 Å². The summed E-state index contributed by atoms with van der Waals surface area (Å²) in [6, 6.07) is 7.83. The Morgan fingerprint density at radius 2 is 2.25 bits per heavy atom. The summed E-state index contributed by atoms with van der Waals surface area (Å²) in [7, 11) is 0. The Labute approximate surface area is 117 Å². The van der Waals surface area contributed by atoms with Crippen LogP contribution in [0.3, 0.4) is 0 Å². The molecule has 1 fully saturated rings. The van der Waals surface area contributed by atoms with Gasteiger partial charge in [0.25, 0.3) is 0 Å². The fraction of sp³-hybridized carbons (Fsp3) is 0.400. The van der Waals surface area contributed by atoms with E-state index in [0.29, 0.717) is 25.2 Å². The number of fused-ring (bicyclic) bond motifs is 1. The van der Waals surface area contributed by atoms with E-state index in [2.05, 4.69) is 10.2 Å². The first-order valence-corrected chi connectivity index (χ1v) is 6.90. The Morgan fingerprint density at radius 3 is 3.00 bits per heavy atom. The van der Waals surface area contributed by atoms with E-state index in [0.717, 1.165) is 17.2 Å². The average molecular weight is 271 g/mol. The van der Waals surface area contributed by atoms with Gasteiger partial charge in [0.05, 0.1) is 6.20 Å². The lowest BCUT2D eigenvalue weighted by Crippen LogP contribution is -2.50. The van der Waals surface area contributed by atoms with Crippen LogP contribution < -0.4 is 4.90 Å². The van der Waals surface area contributed by atoms with Crippen molar-refractivity contribution in [2.75, 3.05) is 11.4 Å². The molecule has 0 aliphatic carbocycles. The zero-order chi connectivity index (χ0) is 14.2. The van der Waals surface area contributed by atoms with Gasteiger partial charge >= 0.3 is 5.97 Å². The maximum Gasteiger partial charge on any atom is 0.329 e. The highest BCUT2D eigenvalue weighted by atomic mass is 16.4. The van der Waals surface area contributed by atoms with Gasteiger partial charge in [-0.2, -0.15) is 5.10 Å². The Balaban J connectivity index is 2.17. The summed E-state index contributed by atoms with van der Waals surface area (Å²) in [5.74, 6) is -0.0860. The van der Waals surface area contributed by atoms with Crippen LogP contribution in [-0.2, 0) is 4.79 Å². The van der Waals surface area contributed by atoms with Crippen LogP contribution in [0.1, 0.15) is 26.2 Å². The SMILES string of the molecule is CCC1(C(=O)O)CCCN1c1nncc2ccccc12. The summed E-state index contributed by atoms with van der Waals surface area (Å²) in [5.41, 5.74) is -0.848. The normalized spacial score (nSPS) is 22.4. The summed E-state index contributed by atoms with van der Waals surface area (Å²) < 4.78 is 0. The lowest BCUT2D eigenvalue weighted by Gasteiger charge is -2.34. The molecule has 20 heavy (non-hydrogen) atoms. The number of aromatic nitrogens is 2. The molecule has 1 atom stereocenters. The van der Waals surface area contributed by atoms with Gasteiger partial charge in [0.1, 0.15) is 5.54 Å². The molecule has 0 radical (unpaired) electrons. The smallest absolute Gasteiger partial charge is 0.329 e. The Hall–Kier alpha value is -2.17. The monoisotopic (exact) mass is 271 g/mol. The van der Waals surface area contributed by atoms with Crippen molar-refractivity contribution in [2.45, 2.75) is 31.7 Å². The van der Waals surface area contributed by atoms with E-state index >= 15 is 0 Å². The molecule has 1 aliphatic heterocycles. The molecule has 0 amide bonds. The van der Waals surface area contributed by atoms with Gasteiger partial charge in [0, 0.05) is 17.3 Å². The molecule has 2 aromatic rings. The molecule has 1 aromatic carbocycles. The van der Waals surface area contributed by atoms with Crippen molar-refractivity contribution in [1.82, 2.24) is 10.2 Å². The fourth-order valence-electron chi connectivity index (χ4n) is 3.14. The third-order valence-corrected chi connectivity index (χ3v) is 4.28. The lowest BCUT2D eigenvalue weighted by molar-refractivity contribution is -0.143. The predicted molar refractivity (Wildman–Crippen MR) is 76.8 cm³/mol. The van der Waals surface area contributed by atoms with Crippen LogP contribution in [0, 0.1) is 0 Å². The standard InChI is InChI=1S/C15H17N3O2/c1-2-15(14(19)20)8-5-9-18(15)13-12-7-4-3-6-11(12)10-16-17-13/h3-4,6-7,10H,2,5,8-9H2,1H3,(H,19,20). The van der Waals surface area contributed by atoms with Gasteiger partial charge in [-0.05, 0) is 19.3 Å². The van der Waals surface area contributed by atoms with Crippen molar-refractivity contribution in [3.8, 4) is 0 Å². The molecule has 0 saturated carbocycles. The predicted octanol–water partition coefficient (Wildman–Crippen LogP) is 2.46. The summed E-state index contributed by atoms with van der Waals surface area (Å²) in [4.78, 5) is 13.7. The van der Waals surface area contributed by atoms with E-state index in [4.69, 9.17) is 0 Å². The van der Waals surface area contributed by atoms with Gasteiger partial charge in [0.2, 0.25) is 0 Å². The van der Waals surface area contributed by atoms with E-state index in [1.165, 1.54) is 0 Å². The molecule has 1 aromatic heterocycles. The molecule has 0 bridgehead atoms. The van der Waals surface area contributed by atoms with Gasteiger partial charge in [-0.1, -0.05) is 31.2 Å². The highest BCUT2D eigenvalue weighted by Crippen LogP contribution is 2.38. The summed E-state index contributed by atoms with van der Waals surface area (Å²) in [5, 5.41) is 19.9. The molecule has 104 valence electrons. The lowest BCUT2D eigenvalue weighted by atomic mass is 9.92. The van der Waals surface area contributed by atoms with E-state index in [9.17, 15) is 9.90 Å². The second-order valence-electron chi connectivity index (χ2n) is 5.20. The highest BCUT2D eigenvalue weighted by molar-refractivity contribution is 5.94. The topological polar surface area (TPSA) is 66.3 Å². The first-order chi connectivity index (χ1) is 9.69. The molecule has 3 rings (SSSR count). The van der Waals surface area contributed by atoms with E-state index in [1.54, 1.807) is 6.20 Å². The van der Waals surface area contributed by atoms with Crippen molar-refractivity contribution >= 4 is 22.6 Å². The summed E-state index contributed by atoms with van der Waals surface area (Å²) in [6.07, 6.45) is 3.80. The zero-order valence-corrected chi connectivity index (χ0v) is 11.4. The quantitative estimate of drug-likeness (QED) is 0.928. The Morgan fingerprint density at radius 1 is 1.45 bits per heavy atom. The van der Waals surface area contributed by atoms with Crippen LogP contribution in [0.25, 0.3) is 10.8 Å². The van der Waals surface area contributed by atoms with Crippen LogP contribution in [0.5, 0.6) is 0 Å². The number of hydrogen-bond acceptors (Lipinski definition) is 4. The molecule has 5 nitrogen and oxygen atoms in total. The molecular weight excluding hydrogens is 254 g/mol. The summed E-state index contributed by atoms with van der Waals surface area (Å²) in [6.45, 7) is 2.63. The molecule has 1 N–H and O–H groups in total. The van der Waals surface area contributed by atoms with Gasteiger partial charge in [-0.25, -0.2) is 4.79 Å². The largest absolute Gasteiger partial charge is 0.479 e. The van der Waals surface area contributed by atoms with Crippen LogP contribution in [0.2, 0.25) is 0 Å². The zero-order valence-electron chi connectivity index (χ0n) is 11.4. The van der Waals surface area contributed by atoms with E-state index < -0.39 is 11.5 Å².